The number of aryl methyl sites for hydroxylation is 1. The van der Waals surface area contributed by atoms with Crippen LogP contribution in [0.2, 0.25) is 0 Å². The summed E-state index contributed by atoms with van der Waals surface area (Å²) >= 11 is 0. The predicted octanol–water partition coefficient (Wildman–Crippen LogP) is 3.48. The zero-order chi connectivity index (χ0) is 21.4. The van der Waals surface area contributed by atoms with Crippen LogP contribution in [0.25, 0.3) is 22.2 Å². The molecule has 0 saturated carbocycles. The van der Waals surface area contributed by atoms with Crippen LogP contribution in [0.15, 0.2) is 47.5 Å². The van der Waals surface area contributed by atoms with Crippen LogP contribution in [0.5, 0.6) is 0 Å². The quantitative estimate of drug-likeness (QED) is 0.460. The third kappa shape index (κ3) is 4.11. The average molecular weight is 416 g/mol. The van der Waals surface area contributed by atoms with Crippen molar-refractivity contribution < 1.29 is 9.21 Å². The highest BCUT2D eigenvalue weighted by molar-refractivity contribution is 5.97. The van der Waals surface area contributed by atoms with Crippen LogP contribution in [-0.2, 0) is 6.42 Å². The number of carbonyl (C=O) groups is 1. The summed E-state index contributed by atoms with van der Waals surface area (Å²) in [4.78, 5) is 28.2. The van der Waals surface area contributed by atoms with Gasteiger partial charge in [0.1, 0.15) is 0 Å². The molecule has 0 N–H and O–H groups in total. The maximum absolute atomic E-state index is 12.8. The highest BCUT2D eigenvalue weighted by Gasteiger charge is 2.20. The summed E-state index contributed by atoms with van der Waals surface area (Å²) in [5, 5.41) is 5.36. The van der Waals surface area contributed by atoms with E-state index in [0.717, 1.165) is 42.4 Å². The van der Waals surface area contributed by atoms with E-state index in [1.807, 2.05) is 23.0 Å². The minimum absolute atomic E-state index is 0.0148. The number of piperidine rings is 1. The van der Waals surface area contributed by atoms with Gasteiger partial charge in [0.15, 0.2) is 17.4 Å². The van der Waals surface area contributed by atoms with E-state index in [4.69, 9.17) is 4.42 Å². The number of pyridine rings is 2. The van der Waals surface area contributed by atoms with Crippen LogP contribution in [0.4, 0.5) is 0 Å². The Kier molecular flexibility index (Phi) is 5.07. The van der Waals surface area contributed by atoms with Gasteiger partial charge in [0, 0.05) is 36.0 Å². The minimum atomic E-state index is 0.0148. The molecule has 0 bridgehead atoms. The van der Waals surface area contributed by atoms with Gasteiger partial charge in [-0.05, 0) is 45.1 Å². The highest BCUT2D eigenvalue weighted by Crippen LogP contribution is 2.24. The molecule has 0 aliphatic carbocycles. The van der Waals surface area contributed by atoms with Gasteiger partial charge < -0.3 is 9.32 Å². The number of ketones is 1. The third-order valence-electron chi connectivity index (χ3n) is 5.86. The number of hydrogen-bond donors (Lipinski definition) is 0. The molecule has 1 fully saturated rings. The van der Waals surface area contributed by atoms with Crippen LogP contribution in [0, 0.1) is 6.92 Å². The fraction of sp³-hybridized carbons (Fsp3) is 0.348. The van der Waals surface area contributed by atoms with E-state index in [9.17, 15) is 4.79 Å². The van der Waals surface area contributed by atoms with Crippen molar-refractivity contribution in [1.29, 1.82) is 0 Å². The molecule has 4 aromatic heterocycles. The number of aromatic nitrogens is 5. The molecular weight excluding hydrogens is 392 g/mol. The van der Waals surface area contributed by atoms with Crippen LogP contribution in [-0.4, -0.2) is 55.6 Å². The zero-order valence-corrected chi connectivity index (χ0v) is 17.7. The summed E-state index contributed by atoms with van der Waals surface area (Å²) in [5.74, 6) is 1.29. The Morgan fingerprint density at radius 2 is 1.94 bits per heavy atom. The smallest absolute Gasteiger partial charge is 0.191 e. The maximum Gasteiger partial charge on any atom is 0.191 e. The Morgan fingerprint density at radius 3 is 2.71 bits per heavy atom. The predicted molar refractivity (Wildman–Crippen MR) is 116 cm³/mol. The van der Waals surface area contributed by atoms with Crippen LogP contribution < -0.4 is 0 Å². The Bertz CT molecular complexity index is 1240. The maximum atomic E-state index is 12.8. The molecule has 0 aromatic carbocycles. The second-order valence-electron chi connectivity index (χ2n) is 8.18. The molecule has 4 aromatic rings. The van der Waals surface area contributed by atoms with Gasteiger partial charge in [-0.25, -0.2) is 4.98 Å². The van der Waals surface area contributed by atoms with E-state index in [-0.39, 0.29) is 12.2 Å². The van der Waals surface area contributed by atoms with Crippen molar-refractivity contribution >= 4 is 16.7 Å². The molecule has 1 saturated heterocycles. The minimum Gasteiger partial charge on any atom is -0.441 e. The fourth-order valence-electron chi connectivity index (χ4n) is 4.01. The lowest BCUT2D eigenvalue weighted by Crippen LogP contribution is -2.31. The Balaban J connectivity index is 1.33. The van der Waals surface area contributed by atoms with E-state index in [0.29, 0.717) is 29.0 Å². The Morgan fingerprint density at radius 1 is 1.10 bits per heavy atom. The molecule has 8 nitrogen and oxygen atoms in total. The zero-order valence-electron chi connectivity index (χ0n) is 17.7. The SMILES string of the molecule is Cc1ncc(-c2cnc3cnc(CC(=O)c4cnn(C5CCN(C)CC5)c4)cc3c2)o1. The summed E-state index contributed by atoms with van der Waals surface area (Å²) < 4.78 is 7.54. The molecule has 158 valence electrons. The molecular formula is C23H24N6O2. The standard InChI is InChI=1S/C23H24N6O2/c1-15-24-13-23(31-15)17-7-16-8-19(25-12-21(16)26-10-17)9-22(30)18-11-27-29(14-18)20-3-5-28(2)6-4-20/h7-8,10-14,20H,3-6,9H2,1-2H3. The monoisotopic (exact) mass is 416 g/mol. The van der Waals surface area contributed by atoms with Gasteiger partial charge in [-0.3, -0.25) is 19.4 Å². The van der Waals surface area contributed by atoms with Crippen LogP contribution in [0.3, 0.4) is 0 Å². The first-order valence-electron chi connectivity index (χ1n) is 10.5. The number of nitrogens with zero attached hydrogens (tertiary/aromatic N) is 6. The van der Waals surface area contributed by atoms with Gasteiger partial charge in [-0.15, -0.1) is 0 Å². The number of carbonyl (C=O) groups excluding carboxylic acids is 1. The molecule has 1 aliphatic heterocycles. The third-order valence-corrected chi connectivity index (χ3v) is 5.86. The number of Topliss-reactive ketones (excluding diaryl/α,β-unsaturated/α-hetero) is 1. The molecule has 0 atom stereocenters. The van der Waals surface area contributed by atoms with Crippen molar-refractivity contribution in [2.45, 2.75) is 32.2 Å². The molecule has 8 heteroatoms. The molecule has 0 unspecified atom stereocenters. The lowest BCUT2D eigenvalue weighted by molar-refractivity contribution is 0.0991. The van der Waals surface area contributed by atoms with Gasteiger partial charge in [-0.2, -0.15) is 5.10 Å². The van der Waals surface area contributed by atoms with Crippen LogP contribution >= 0.6 is 0 Å². The number of fused-ring (bicyclic) bond motifs is 1. The molecule has 0 amide bonds. The van der Waals surface area contributed by atoms with E-state index in [1.165, 1.54) is 0 Å². The highest BCUT2D eigenvalue weighted by atomic mass is 16.4. The number of hydrogen-bond acceptors (Lipinski definition) is 7. The van der Waals surface area contributed by atoms with Gasteiger partial charge in [0.25, 0.3) is 0 Å². The van der Waals surface area contributed by atoms with Gasteiger partial charge in [0.05, 0.1) is 42.1 Å². The Hall–Kier alpha value is -3.39. The van der Waals surface area contributed by atoms with E-state index in [2.05, 4.69) is 32.0 Å². The van der Waals surface area contributed by atoms with Crippen molar-refractivity contribution in [2.75, 3.05) is 20.1 Å². The van der Waals surface area contributed by atoms with Gasteiger partial charge >= 0.3 is 0 Å². The largest absolute Gasteiger partial charge is 0.441 e. The fourth-order valence-corrected chi connectivity index (χ4v) is 4.01. The molecule has 1 aliphatic rings. The number of likely N-dealkylation sites (tertiary alicyclic amines) is 1. The molecule has 0 spiro atoms. The number of oxazole rings is 1. The summed E-state index contributed by atoms with van der Waals surface area (Å²) in [6.07, 6.45) is 11.0. The van der Waals surface area contributed by atoms with Crippen molar-refractivity contribution in [3.8, 4) is 11.3 Å². The van der Waals surface area contributed by atoms with Gasteiger partial charge in [-0.1, -0.05) is 0 Å². The van der Waals surface area contributed by atoms with Crippen molar-refractivity contribution in [3.63, 3.8) is 0 Å². The second kappa shape index (κ2) is 8.03. The summed E-state index contributed by atoms with van der Waals surface area (Å²) in [5.41, 5.74) is 2.95. The number of rotatable bonds is 5. The second-order valence-corrected chi connectivity index (χ2v) is 8.18. The summed E-state index contributed by atoms with van der Waals surface area (Å²) in [7, 11) is 2.13. The molecule has 5 rings (SSSR count). The van der Waals surface area contributed by atoms with E-state index in [1.54, 1.807) is 31.7 Å². The summed E-state index contributed by atoms with van der Waals surface area (Å²) in [6.45, 7) is 3.91. The van der Waals surface area contributed by atoms with E-state index < -0.39 is 0 Å². The van der Waals surface area contributed by atoms with Crippen molar-refractivity contribution in [3.05, 3.63) is 60.3 Å². The molecule has 0 radical (unpaired) electrons. The van der Waals surface area contributed by atoms with Gasteiger partial charge in [0.2, 0.25) is 0 Å². The first-order chi connectivity index (χ1) is 15.0. The van der Waals surface area contributed by atoms with E-state index >= 15 is 0 Å². The van der Waals surface area contributed by atoms with Crippen molar-refractivity contribution in [1.82, 2.24) is 29.6 Å². The lowest BCUT2D eigenvalue weighted by atomic mass is 10.1. The molecule has 5 heterocycles. The lowest BCUT2D eigenvalue weighted by Gasteiger charge is -2.28. The average Bonchev–Trinajstić information content (AvgIpc) is 3.43. The first-order valence-corrected chi connectivity index (χ1v) is 10.5. The molecule has 31 heavy (non-hydrogen) atoms. The van der Waals surface area contributed by atoms with Crippen molar-refractivity contribution in [2.24, 2.45) is 0 Å². The first kappa shape index (κ1) is 19.6. The normalized spacial score (nSPS) is 15.5. The topological polar surface area (TPSA) is 89.9 Å². The Labute approximate surface area is 179 Å². The van der Waals surface area contributed by atoms with Crippen LogP contribution in [0.1, 0.15) is 40.8 Å². The summed E-state index contributed by atoms with van der Waals surface area (Å²) in [6, 6.07) is 4.26.